The third kappa shape index (κ3) is 3.91. The second kappa shape index (κ2) is 7.36. The van der Waals surface area contributed by atoms with Crippen molar-refractivity contribution in [2.75, 3.05) is 21.3 Å². The molecule has 0 bridgehead atoms. The van der Waals surface area contributed by atoms with Crippen LogP contribution in [-0.2, 0) is 6.42 Å². The number of hydrogen-bond acceptors (Lipinski definition) is 3. The third-order valence-corrected chi connectivity index (χ3v) is 4.17. The van der Waals surface area contributed by atoms with Gasteiger partial charge in [0.1, 0.15) is 17.2 Å². The molecule has 0 aliphatic rings. The number of ether oxygens (including phenoxy) is 3. The summed E-state index contributed by atoms with van der Waals surface area (Å²) in [5.74, 6) is 2.54. The molecule has 1 unspecified atom stereocenters. The number of alkyl halides is 1. The van der Waals surface area contributed by atoms with E-state index in [0.717, 1.165) is 29.2 Å². The summed E-state index contributed by atoms with van der Waals surface area (Å²) in [4.78, 5) is 0.149. The number of hydrogen-bond donors (Lipinski definition) is 0. The second-order valence-electron chi connectivity index (χ2n) is 4.63. The standard InChI is InChI=1S/C17H19BrO3/c1-19-13-6-4-12(5-7-13)10-16(18)15-11-14(20-2)8-9-17(15)21-3/h4-9,11,16H,10H2,1-3H3. The van der Waals surface area contributed by atoms with Gasteiger partial charge in [-0.15, -0.1) is 0 Å². The van der Waals surface area contributed by atoms with Gasteiger partial charge in [-0.2, -0.15) is 0 Å². The number of methoxy groups -OCH3 is 3. The fourth-order valence-electron chi connectivity index (χ4n) is 2.16. The minimum absolute atomic E-state index is 0.149. The van der Waals surface area contributed by atoms with Gasteiger partial charge >= 0.3 is 0 Å². The molecule has 21 heavy (non-hydrogen) atoms. The van der Waals surface area contributed by atoms with Gasteiger partial charge in [0.25, 0.3) is 0 Å². The Hall–Kier alpha value is -1.68. The smallest absolute Gasteiger partial charge is 0.123 e. The van der Waals surface area contributed by atoms with Crippen LogP contribution < -0.4 is 14.2 Å². The average molecular weight is 351 g/mol. The highest BCUT2D eigenvalue weighted by atomic mass is 79.9. The van der Waals surface area contributed by atoms with Gasteiger partial charge in [-0.3, -0.25) is 0 Å². The van der Waals surface area contributed by atoms with E-state index in [1.54, 1.807) is 21.3 Å². The molecule has 0 saturated heterocycles. The van der Waals surface area contributed by atoms with Crippen LogP contribution in [-0.4, -0.2) is 21.3 Å². The fraction of sp³-hybridized carbons (Fsp3) is 0.294. The quantitative estimate of drug-likeness (QED) is 0.723. The Morgan fingerprint density at radius 1 is 0.857 bits per heavy atom. The second-order valence-corrected chi connectivity index (χ2v) is 5.73. The fourth-order valence-corrected chi connectivity index (χ4v) is 2.89. The molecule has 0 aromatic heterocycles. The van der Waals surface area contributed by atoms with Crippen LogP contribution in [0.15, 0.2) is 42.5 Å². The topological polar surface area (TPSA) is 27.7 Å². The van der Waals surface area contributed by atoms with Crippen LogP contribution >= 0.6 is 15.9 Å². The van der Waals surface area contributed by atoms with Crippen molar-refractivity contribution in [3.8, 4) is 17.2 Å². The number of halogens is 1. The summed E-state index contributed by atoms with van der Waals surface area (Å²) in [6.07, 6.45) is 0.855. The van der Waals surface area contributed by atoms with E-state index in [2.05, 4.69) is 28.1 Å². The number of benzene rings is 2. The van der Waals surface area contributed by atoms with Crippen molar-refractivity contribution in [1.29, 1.82) is 0 Å². The molecule has 0 radical (unpaired) electrons. The molecule has 0 aliphatic carbocycles. The molecule has 2 aromatic carbocycles. The van der Waals surface area contributed by atoms with Crippen LogP contribution in [0, 0.1) is 0 Å². The van der Waals surface area contributed by atoms with Crippen molar-refractivity contribution in [2.24, 2.45) is 0 Å². The highest BCUT2D eigenvalue weighted by Gasteiger charge is 2.15. The zero-order valence-corrected chi connectivity index (χ0v) is 14.0. The maximum absolute atomic E-state index is 5.43. The Morgan fingerprint density at radius 3 is 2.05 bits per heavy atom. The highest BCUT2D eigenvalue weighted by Crippen LogP contribution is 2.36. The molecule has 0 aliphatic heterocycles. The molecule has 0 fully saturated rings. The van der Waals surface area contributed by atoms with Crippen LogP contribution in [0.2, 0.25) is 0 Å². The van der Waals surface area contributed by atoms with Gasteiger partial charge in [0.15, 0.2) is 0 Å². The van der Waals surface area contributed by atoms with E-state index < -0.39 is 0 Å². The summed E-state index contributed by atoms with van der Waals surface area (Å²) in [6, 6.07) is 13.9. The maximum atomic E-state index is 5.43. The monoisotopic (exact) mass is 350 g/mol. The molecule has 112 valence electrons. The minimum atomic E-state index is 0.149. The summed E-state index contributed by atoms with van der Waals surface area (Å²) in [5.41, 5.74) is 2.30. The van der Waals surface area contributed by atoms with Gasteiger partial charge in [0.2, 0.25) is 0 Å². The summed E-state index contributed by atoms with van der Waals surface area (Å²) < 4.78 is 15.9. The van der Waals surface area contributed by atoms with Gasteiger partial charge in [-0.25, -0.2) is 0 Å². The number of rotatable bonds is 6. The SMILES string of the molecule is COc1ccc(CC(Br)c2cc(OC)ccc2OC)cc1. The molecule has 0 spiro atoms. The molecular formula is C17H19BrO3. The molecular weight excluding hydrogens is 332 g/mol. The predicted octanol–water partition coefficient (Wildman–Crippen LogP) is 4.39. The van der Waals surface area contributed by atoms with Crippen LogP contribution in [0.4, 0.5) is 0 Å². The first-order chi connectivity index (χ1) is 10.2. The van der Waals surface area contributed by atoms with Gasteiger partial charge in [-0.05, 0) is 42.3 Å². The van der Waals surface area contributed by atoms with Crippen molar-refractivity contribution in [3.05, 3.63) is 53.6 Å². The molecule has 2 aromatic rings. The third-order valence-electron chi connectivity index (χ3n) is 3.35. The Morgan fingerprint density at radius 2 is 1.48 bits per heavy atom. The highest BCUT2D eigenvalue weighted by molar-refractivity contribution is 9.09. The van der Waals surface area contributed by atoms with E-state index in [-0.39, 0.29) is 4.83 Å². The van der Waals surface area contributed by atoms with E-state index in [4.69, 9.17) is 14.2 Å². The summed E-state index contributed by atoms with van der Waals surface area (Å²) >= 11 is 3.75. The van der Waals surface area contributed by atoms with E-state index in [1.807, 2.05) is 30.3 Å². The lowest BCUT2D eigenvalue weighted by Crippen LogP contribution is -2.00. The lowest BCUT2D eigenvalue weighted by atomic mass is 10.0. The molecule has 2 rings (SSSR count). The Labute approximate surface area is 134 Å². The van der Waals surface area contributed by atoms with E-state index >= 15 is 0 Å². The lowest BCUT2D eigenvalue weighted by molar-refractivity contribution is 0.398. The molecule has 4 heteroatoms. The van der Waals surface area contributed by atoms with Gasteiger partial charge in [0.05, 0.1) is 21.3 Å². The summed E-state index contributed by atoms with van der Waals surface area (Å²) in [5, 5.41) is 0. The minimum Gasteiger partial charge on any atom is -0.497 e. The maximum Gasteiger partial charge on any atom is 0.123 e. The van der Waals surface area contributed by atoms with Crippen molar-refractivity contribution in [3.63, 3.8) is 0 Å². The van der Waals surface area contributed by atoms with Crippen LogP contribution in [0.25, 0.3) is 0 Å². The lowest BCUT2D eigenvalue weighted by Gasteiger charge is -2.16. The molecule has 0 saturated carbocycles. The van der Waals surface area contributed by atoms with E-state index in [1.165, 1.54) is 5.56 Å². The molecule has 0 amide bonds. The molecule has 0 N–H and O–H groups in total. The largest absolute Gasteiger partial charge is 0.497 e. The van der Waals surface area contributed by atoms with Crippen LogP contribution in [0.1, 0.15) is 16.0 Å². The Kier molecular flexibility index (Phi) is 5.51. The molecule has 1 atom stereocenters. The molecule has 0 heterocycles. The van der Waals surface area contributed by atoms with Gasteiger partial charge in [-0.1, -0.05) is 28.1 Å². The van der Waals surface area contributed by atoms with E-state index in [9.17, 15) is 0 Å². The molecule has 3 nitrogen and oxygen atoms in total. The van der Waals surface area contributed by atoms with Crippen molar-refractivity contribution in [1.82, 2.24) is 0 Å². The first-order valence-electron chi connectivity index (χ1n) is 6.67. The predicted molar refractivity (Wildman–Crippen MR) is 87.9 cm³/mol. The Balaban J connectivity index is 2.20. The summed E-state index contributed by atoms with van der Waals surface area (Å²) in [7, 11) is 5.01. The summed E-state index contributed by atoms with van der Waals surface area (Å²) in [6.45, 7) is 0. The van der Waals surface area contributed by atoms with Crippen LogP contribution in [0.3, 0.4) is 0 Å². The zero-order chi connectivity index (χ0) is 15.2. The average Bonchev–Trinajstić information content (AvgIpc) is 2.54. The van der Waals surface area contributed by atoms with Crippen molar-refractivity contribution in [2.45, 2.75) is 11.2 Å². The van der Waals surface area contributed by atoms with Gasteiger partial charge < -0.3 is 14.2 Å². The van der Waals surface area contributed by atoms with Crippen LogP contribution in [0.5, 0.6) is 17.2 Å². The van der Waals surface area contributed by atoms with Gasteiger partial charge in [0, 0.05) is 10.4 Å². The van der Waals surface area contributed by atoms with E-state index in [0.29, 0.717) is 0 Å². The van der Waals surface area contributed by atoms with Crippen molar-refractivity contribution >= 4 is 15.9 Å². The van der Waals surface area contributed by atoms with Crippen molar-refractivity contribution < 1.29 is 14.2 Å². The zero-order valence-electron chi connectivity index (χ0n) is 12.4. The Bertz CT molecular complexity index is 581. The first-order valence-corrected chi connectivity index (χ1v) is 7.58. The normalized spacial score (nSPS) is 11.8. The first kappa shape index (κ1) is 15.7.